The summed E-state index contributed by atoms with van der Waals surface area (Å²) in [5.41, 5.74) is 0. The summed E-state index contributed by atoms with van der Waals surface area (Å²) < 4.78 is 0. The molecule has 2 rings (SSSR count). The van der Waals surface area contributed by atoms with Crippen LogP contribution in [0.4, 0.5) is 4.79 Å². The van der Waals surface area contributed by atoms with Gasteiger partial charge in [-0.3, -0.25) is 4.90 Å². The van der Waals surface area contributed by atoms with Gasteiger partial charge < -0.3 is 15.7 Å². The van der Waals surface area contributed by atoms with Crippen molar-refractivity contribution < 1.29 is 9.90 Å². The summed E-state index contributed by atoms with van der Waals surface area (Å²) in [5.74, 6) is 0.445. The largest absolute Gasteiger partial charge is 0.391 e. The molecule has 1 aliphatic carbocycles. The Bertz CT molecular complexity index is 354. The molecule has 3 unspecified atom stereocenters. The van der Waals surface area contributed by atoms with Crippen LogP contribution in [0.25, 0.3) is 0 Å². The molecule has 0 spiro atoms. The SMILES string of the molecule is CC(C)C(C)NC(=O)NC1CCN(C2CCCCC2O)CC1. The molecule has 1 heterocycles. The van der Waals surface area contributed by atoms with Gasteiger partial charge in [0.05, 0.1) is 6.10 Å². The van der Waals surface area contributed by atoms with Crippen LogP contribution in [-0.4, -0.2) is 53.4 Å². The number of hydrogen-bond donors (Lipinski definition) is 3. The Hall–Kier alpha value is -0.810. The third-order valence-corrected chi connectivity index (χ3v) is 5.39. The molecular weight excluding hydrogens is 278 g/mol. The van der Waals surface area contributed by atoms with Gasteiger partial charge in [-0.2, -0.15) is 0 Å². The third kappa shape index (κ3) is 4.85. The van der Waals surface area contributed by atoms with Crippen molar-refractivity contribution in [3.63, 3.8) is 0 Å². The molecule has 22 heavy (non-hydrogen) atoms. The maximum atomic E-state index is 12.0. The number of carbonyl (C=O) groups excluding carboxylic acids is 1. The highest BCUT2D eigenvalue weighted by Gasteiger charge is 2.31. The van der Waals surface area contributed by atoms with E-state index in [1.807, 2.05) is 6.92 Å². The first kappa shape index (κ1) is 17.5. The van der Waals surface area contributed by atoms with Gasteiger partial charge in [-0.05, 0) is 38.5 Å². The smallest absolute Gasteiger partial charge is 0.315 e. The first-order valence-corrected chi connectivity index (χ1v) is 8.96. The molecule has 0 aromatic heterocycles. The van der Waals surface area contributed by atoms with Gasteiger partial charge in [0.25, 0.3) is 0 Å². The summed E-state index contributed by atoms with van der Waals surface area (Å²) in [7, 11) is 0. The average Bonchev–Trinajstić information content (AvgIpc) is 2.48. The van der Waals surface area contributed by atoms with Crippen LogP contribution < -0.4 is 10.6 Å². The van der Waals surface area contributed by atoms with Gasteiger partial charge in [0.1, 0.15) is 0 Å². The van der Waals surface area contributed by atoms with Crippen molar-refractivity contribution in [2.24, 2.45) is 5.92 Å². The van der Waals surface area contributed by atoms with Crippen LogP contribution in [0.5, 0.6) is 0 Å². The van der Waals surface area contributed by atoms with Crippen LogP contribution in [0.15, 0.2) is 0 Å². The molecule has 2 aliphatic rings. The van der Waals surface area contributed by atoms with Gasteiger partial charge in [-0.15, -0.1) is 0 Å². The van der Waals surface area contributed by atoms with Gasteiger partial charge >= 0.3 is 6.03 Å². The van der Waals surface area contributed by atoms with Crippen LogP contribution in [0.1, 0.15) is 59.3 Å². The van der Waals surface area contributed by atoms with Crippen molar-refractivity contribution in [1.82, 2.24) is 15.5 Å². The Morgan fingerprint density at radius 3 is 2.32 bits per heavy atom. The van der Waals surface area contributed by atoms with Crippen LogP contribution in [0.3, 0.4) is 0 Å². The fraction of sp³-hybridized carbons (Fsp3) is 0.941. The molecule has 1 aliphatic heterocycles. The number of carbonyl (C=O) groups is 1. The van der Waals surface area contributed by atoms with Gasteiger partial charge in [-0.1, -0.05) is 26.7 Å². The van der Waals surface area contributed by atoms with E-state index in [9.17, 15) is 9.90 Å². The lowest BCUT2D eigenvalue weighted by atomic mass is 9.89. The Kier molecular flexibility index (Phi) is 6.50. The molecule has 1 saturated heterocycles. The topological polar surface area (TPSA) is 64.6 Å². The Morgan fingerprint density at radius 2 is 1.73 bits per heavy atom. The number of hydrogen-bond acceptors (Lipinski definition) is 3. The average molecular weight is 311 g/mol. The van der Waals surface area contributed by atoms with E-state index in [1.54, 1.807) is 0 Å². The van der Waals surface area contributed by atoms with Crippen molar-refractivity contribution in [3.8, 4) is 0 Å². The minimum absolute atomic E-state index is 0.0441. The molecule has 2 amide bonds. The molecule has 0 aromatic carbocycles. The highest BCUT2D eigenvalue weighted by molar-refractivity contribution is 5.74. The number of aliphatic hydroxyl groups excluding tert-OH is 1. The van der Waals surface area contributed by atoms with Crippen molar-refractivity contribution in [2.45, 2.75) is 83.5 Å². The van der Waals surface area contributed by atoms with Gasteiger partial charge in [0, 0.05) is 31.2 Å². The number of likely N-dealkylation sites (tertiary alicyclic amines) is 1. The predicted octanol–water partition coefficient (Wildman–Crippen LogP) is 2.10. The maximum absolute atomic E-state index is 12.0. The summed E-state index contributed by atoms with van der Waals surface area (Å²) in [6.07, 6.45) is 6.25. The lowest BCUT2D eigenvalue weighted by molar-refractivity contribution is 0.00775. The second-order valence-electron chi connectivity index (χ2n) is 7.38. The molecule has 0 aromatic rings. The lowest BCUT2D eigenvalue weighted by Gasteiger charge is -2.41. The molecular formula is C17H33N3O2. The zero-order valence-electron chi connectivity index (χ0n) is 14.3. The van der Waals surface area contributed by atoms with Gasteiger partial charge in [0.2, 0.25) is 0 Å². The molecule has 2 fully saturated rings. The lowest BCUT2D eigenvalue weighted by Crippen LogP contribution is -2.54. The molecule has 5 heteroatoms. The summed E-state index contributed by atoms with van der Waals surface area (Å²) in [6.45, 7) is 8.22. The quantitative estimate of drug-likeness (QED) is 0.745. The van der Waals surface area contributed by atoms with Crippen molar-refractivity contribution >= 4 is 6.03 Å². The summed E-state index contributed by atoms with van der Waals surface area (Å²) in [4.78, 5) is 14.4. The van der Waals surface area contributed by atoms with Crippen LogP contribution >= 0.6 is 0 Å². The fourth-order valence-electron chi connectivity index (χ4n) is 3.49. The molecule has 3 atom stereocenters. The second kappa shape index (κ2) is 8.16. The van der Waals surface area contributed by atoms with Crippen molar-refractivity contribution in [2.75, 3.05) is 13.1 Å². The van der Waals surface area contributed by atoms with Crippen LogP contribution in [-0.2, 0) is 0 Å². The van der Waals surface area contributed by atoms with Crippen molar-refractivity contribution in [3.05, 3.63) is 0 Å². The summed E-state index contributed by atoms with van der Waals surface area (Å²) in [6, 6.07) is 0.746. The number of amides is 2. The zero-order chi connectivity index (χ0) is 16.1. The van der Waals surface area contributed by atoms with Crippen LogP contribution in [0, 0.1) is 5.92 Å². The molecule has 1 saturated carbocycles. The van der Waals surface area contributed by atoms with E-state index in [2.05, 4.69) is 29.4 Å². The molecule has 0 radical (unpaired) electrons. The maximum Gasteiger partial charge on any atom is 0.315 e. The summed E-state index contributed by atoms with van der Waals surface area (Å²) >= 11 is 0. The zero-order valence-corrected chi connectivity index (χ0v) is 14.3. The molecule has 5 nitrogen and oxygen atoms in total. The molecule has 128 valence electrons. The Morgan fingerprint density at radius 1 is 1.09 bits per heavy atom. The van der Waals surface area contributed by atoms with E-state index in [-0.39, 0.29) is 24.2 Å². The third-order valence-electron chi connectivity index (χ3n) is 5.39. The normalized spacial score (nSPS) is 29.3. The predicted molar refractivity (Wildman–Crippen MR) is 88.8 cm³/mol. The van der Waals surface area contributed by atoms with Crippen LogP contribution in [0.2, 0.25) is 0 Å². The number of aliphatic hydroxyl groups is 1. The van der Waals surface area contributed by atoms with E-state index in [0.29, 0.717) is 12.0 Å². The Labute approximate surface area is 134 Å². The van der Waals surface area contributed by atoms with Gasteiger partial charge in [-0.25, -0.2) is 4.79 Å². The minimum atomic E-state index is -0.159. The molecule has 3 N–H and O–H groups in total. The molecule has 0 bridgehead atoms. The first-order chi connectivity index (χ1) is 10.5. The highest BCUT2D eigenvalue weighted by Crippen LogP contribution is 2.25. The van der Waals surface area contributed by atoms with Crippen molar-refractivity contribution in [1.29, 1.82) is 0 Å². The van der Waals surface area contributed by atoms with E-state index < -0.39 is 0 Å². The number of piperidine rings is 1. The number of urea groups is 1. The highest BCUT2D eigenvalue weighted by atomic mass is 16.3. The minimum Gasteiger partial charge on any atom is -0.391 e. The van der Waals surface area contributed by atoms with Gasteiger partial charge in [0.15, 0.2) is 0 Å². The van der Waals surface area contributed by atoms with E-state index in [1.165, 1.54) is 6.42 Å². The van der Waals surface area contributed by atoms with E-state index in [4.69, 9.17) is 0 Å². The Balaban J connectivity index is 1.71. The number of nitrogens with zero attached hydrogens (tertiary/aromatic N) is 1. The summed E-state index contributed by atoms with van der Waals surface area (Å²) in [5, 5.41) is 16.3. The fourth-order valence-corrected chi connectivity index (χ4v) is 3.49. The van der Waals surface area contributed by atoms with E-state index in [0.717, 1.165) is 45.2 Å². The number of rotatable bonds is 4. The standard InChI is InChI=1S/C17H33N3O2/c1-12(2)13(3)18-17(22)19-14-8-10-20(11-9-14)15-6-4-5-7-16(15)21/h12-16,21H,4-11H2,1-3H3,(H2,18,19,22). The monoisotopic (exact) mass is 311 g/mol. The second-order valence-corrected chi connectivity index (χ2v) is 7.38. The number of nitrogens with one attached hydrogen (secondary N) is 2. The first-order valence-electron chi connectivity index (χ1n) is 8.96. The van der Waals surface area contributed by atoms with E-state index >= 15 is 0 Å².